The van der Waals surface area contributed by atoms with Gasteiger partial charge in [-0.2, -0.15) is 0 Å². The Kier molecular flexibility index (Phi) is 4.94. The number of hydrogen-bond acceptors (Lipinski definition) is 4. The molecule has 1 saturated heterocycles. The molecule has 4 heteroatoms. The molecule has 0 bridgehead atoms. The Morgan fingerprint density at radius 1 is 1.18 bits per heavy atom. The normalized spacial score (nSPS) is 24.1. The maximum atomic E-state index is 9.43. The van der Waals surface area contributed by atoms with Gasteiger partial charge in [0.25, 0.3) is 0 Å². The van der Waals surface area contributed by atoms with Crippen LogP contribution in [0.25, 0.3) is 0 Å². The summed E-state index contributed by atoms with van der Waals surface area (Å²) in [5, 5.41) is 9.43. The van der Waals surface area contributed by atoms with Crippen LogP contribution in [-0.4, -0.2) is 43.7 Å². The van der Waals surface area contributed by atoms with E-state index in [1.165, 1.54) is 0 Å². The summed E-state index contributed by atoms with van der Waals surface area (Å²) in [7, 11) is 0. The van der Waals surface area contributed by atoms with Crippen molar-refractivity contribution in [2.45, 2.75) is 18.8 Å². The van der Waals surface area contributed by atoms with E-state index >= 15 is 0 Å². The van der Waals surface area contributed by atoms with Gasteiger partial charge in [0.05, 0.1) is 33.0 Å². The van der Waals surface area contributed by atoms with E-state index in [0.717, 1.165) is 5.56 Å². The van der Waals surface area contributed by atoms with E-state index in [-0.39, 0.29) is 6.10 Å². The van der Waals surface area contributed by atoms with Crippen LogP contribution < -0.4 is 0 Å². The van der Waals surface area contributed by atoms with Gasteiger partial charge in [0.15, 0.2) is 0 Å². The molecule has 1 aromatic rings. The van der Waals surface area contributed by atoms with Gasteiger partial charge in [-0.05, 0) is 5.56 Å². The van der Waals surface area contributed by atoms with Crippen LogP contribution in [0.2, 0.25) is 0 Å². The number of benzene rings is 1. The van der Waals surface area contributed by atoms with Gasteiger partial charge in [-0.1, -0.05) is 30.3 Å². The van der Waals surface area contributed by atoms with Crippen molar-refractivity contribution in [2.24, 2.45) is 0 Å². The molecule has 0 radical (unpaired) electrons. The lowest BCUT2D eigenvalue weighted by Crippen LogP contribution is -2.28. The maximum absolute atomic E-state index is 9.43. The van der Waals surface area contributed by atoms with Crippen molar-refractivity contribution in [2.75, 3.05) is 26.4 Å². The maximum Gasteiger partial charge on any atom is 0.109 e. The molecule has 0 aromatic heterocycles. The number of aliphatic hydroxyl groups is 1. The first kappa shape index (κ1) is 12.5. The molecule has 1 aromatic carbocycles. The predicted molar refractivity (Wildman–Crippen MR) is 62.7 cm³/mol. The quantitative estimate of drug-likeness (QED) is 0.750. The second-order valence-electron chi connectivity index (χ2n) is 4.05. The highest BCUT2D eigenvalue weighted by Gasteiger charge is 2.26. The minimum atomic E-state index is -0.496. The van der Waals surface area contributed by atoms with Gasteiger partial charge in [-0.15, -0.1) is 0 Å². The zero-order chi connectivity index (χ0) is 11.9. The second-order valence-corrected chi connectivity index (χ2v) is 4.05. The van der Waals surface area contributed by atoms with E-state index in [2.05, 4.69) is 0 Å². The van der Waals surface area contributed by atoms with Gasteiger partial charge < -0.3 is 19.3 Å². The fourth-order valence-electron chi connectivity index (χ4n) is 1.71. The van der Waals surface area contributed by atoms with Crippen LogP contribution in [-0.2, 0) is 20.8 Å². The molecule has 1 aliphatic rings. The fourth-order valence-corrected chi connectivity index (χ4v) is 1.71. The number of ether oxygens (including phenoxy) is 3. The molecular weight excluding hydrogens is 220 g/mol. The number of hydrogen-bond donors (Lipinski definition) is 1. The van der Waals surface area contributed by atoms with Crippen LogP contribution in [0.3, 0.4) is 0 Å². The molecule has 1 heterocycles. The van der Waals surface area contributed by atoms with Gasteiger partial charge in [-0.25, -0.2) is 0 Å². The SMILES string of the molecule is OC1COCC1OCCOCc1ccccc1. The summed E-state index contributed by atoms with van der Waals surface area (Å²) >= 11 is 0. The molecule has 17 heavy (non-hydrogen) atoms. The van der Waals surface area contributed by atoms with Gasteiger partial charge in [-0.3, -0.25) is 0 Å². The molecule has 1 fully saturated rings. The van der Waals surface area contributed by atoms with E-state index in [9.17, 15) is 5.11 Å². The monoisotopic (exact) mass is 238 g/mol. The molecule has 94 valence electrons. The van der Waals surface area contributed by atoms with Crippen molar-refractivity contribution in [3.63, 3.8) is 0 Å². The zero-order valence-corrected chi connectivity index (χ0v) is 9.75. The average molecular weight is 238 g/mol. The highest BCUT2D eigenvalue weighted by Crippen LogP contribution is 2.09. The van der Waals surface area contributed by atoms with Crippen LogP contribution in [0.5, 0.6) is 0 Å². The van der Waals surface area contributed by atoms with Crippen molar-refractivity contribution in [1.29, 1.82) is 0 Å². The lowest BCUT2D eigenvalue weighted by molar-refractivity contribution is -0.0370. The molecule has 0 spiro atoms. The Labute approximate surface area is 101 Å². The smallest absolute Gasteiger partial charge is 0.109 e. The highest BCUT2D eigenvalue weighted by molar-refractivity contribution is 5.13. The van der Waals surface area contributed by atoms with Gasteiger partial charge >= 0.3 is 0 Å². The van der Waals surface area contributed by atoms with E-state index in [4.69, 9.17) is 14.2 Å². The first-order valence-electron chi connectivity index (χ1n) is 5.85. The number of aliphatic hydroxyl groups excluding tert-OH is 1. The van der Waals surface area contributed by atoms with Crippen molar-refractivity contribution in [3.05, 3.63) is 35.9 Å². The van der Waals surface area contributed by atoms with Crippen molar-refractivity contribution >= 4 is 0 Å². The molecule has 2 rings (SSSR count). The van der Waals surface area contributed by atoms with E-state index in [1.807, 2.05) is 30.3 Å². The van der Waals surface area contributed by atoms with Crippen LogP contribution in [0, 0.1) is 0 Å². The van der Waals surface area contributed by atoms with Crippen LogP contribution in [0.15, 0.2) is 30.3 Å². The summed E-state index contributed by atoms with van der Waals surface area (Å²) in [5.41, 5.74) is 1.15. The van der Waals surface area contributed by atoms with Crippen molar-refractivity contribution in [1.82, 2.24) is 0 Å². The Morgan fingerprint density at radius 3 is 2.71 bits per heavy atom. The summed E-state index contributed by atoms with van der Waals surface area (Å²) in [6.45, 7) is 2.44. The lowest BCUT2D eigenvalue weighted by Gasteiger charge is -2.13. The van der Waals surface area contributed by atoms with E-state index in [1.54, 1.807) is 0 Å². The molecule has 1 aliphatic heterocycles. The second kappa shape index (κ2) is 6.71. The third-order valence-corrected chi connectivity index (χ3v) is 2.67. The van der Waals surface area contributed by atoms with Gasteiger partial charge in [0.2, 0.25) is 0 Å². The van der Waals surface area contributed by atoms with Crippen LogP contribution in [0.1, 0.15) is 5.56 Å². The van der Waals surface area contributed by atoms with E-state index in [0.29, 0.717) is 33.0 Å². The van der Waals surface area contributed by atoms with Crippen molar-refractivity contribution < 1.29 is 19.3 Å². The minimum Gasteiger partial charge on any atom is -0.388 e. The van der Waals surface area contributed by atoms with E-state index < -0.39 is 6.10 Å². The van der Waals surface area contributed by atoms with Crippen LogP contribution >= 0.6 is 0 Å². The molecule has 1 N–H and O–H groups in total. The molecule has 0 aliphatic carbocycles. The molecule has 0 amide bonds. The number of rotatable bonds is 6. The first-order valence-corrected chi connectivity index (χ1v) is 5.85. The summed E-state index contributed by atoms with van der Waals surface area (Å²) in [4.78, 5) is 0. The molecular formula is C13H18O4. The largest absolute Gasteiger partial charge is 0.388 e. The third kappa shape index (κ3) is 4.09. The Bertz CT molecular complexity index is 314. The third-order valence-electron chi connectivity index (χ3n) is 2.67. The Balaban J connectivity index is 1.55. The zero-order valence-electron chi connectivity index (χ0n) is 9.75. The first-order chi connectivity index (χ1) is 8.36. The topological polar surface area (TPSA) is 47.9 Å². The van der Waals surface area contributed by atoms with Gasteiger partial charge in [0, 0.05) is 0 Å². The highest BCUT2D eigenvalue weighted by atomic mass is 16.6. The predicted octanol–water partition coefficient (Wildman–Crippen LogP) is 0.979. The molecule has 2 unspecified atom stereocenters. The van der Waals surface area contributed by atoms with Crippen LogP contribution in [0.4, 0.5) is 0 Å². The standard InChI is InChI=1S/C13H18O4/c14-12-9-16-10-13(12)17-7-6-15-8-11-4-2-1-3-5-11/h1-5,12-14H,6-10H2. The summed E-state index contributed by atoms with van der Waals surface area (Å²) < 4.78 is 16.0. The van der Waals surface area contributed by atoms with Crippen molar-refractivity contribution in [3.8, 4) is 0 Å². The summed E-state index contributed by atoms with van der Waals surface area (Å²) in [6, 6.07) is 10.0. The summed E-state index contributed by atoms with van der Waals surface area (Å²) in [6.07, 6.45) is -0.695. The Hall–Kier alpha value is -0.940. The minimum absolute atomic E-state index is 0.199. The molecule has 0 saturated carbocycles. The average Bonchev–Trinajstić information content (AvgIpc) is 2.76. The summed E-state index contributed by atoms with van der Waals surface area (Å²) in [5.74, 6) is 0. The molecule has 2 atom stereocenters. The van der Waals surface area contributed by atoms with Gasteiger partial charge in [0.1, 0.15) is 12.2 Å². The molecule has 4 nitrogen and oxygen atoms in total. The Morgan fingerprint density at radius 2 is 2.00 bits per heavy atom. The lowest BCUT2D eigenvalue weighted by atomic mass is 10.2. The fraction of sp³-hybridized carbons (Fsp3) is 0.538.